The van der Waals surface area contributed by atoms with Crippen molar-refractivity contribution in [2.24, 2.45) is 11.8 Å². The molecule has 1 N–H and O–H groups in total. The van der Waals surface area contributed by atoms with Gasteiger partial charge in [-0.2, -0.15) is 8.42 Å². The number of rotatable bonds is 7. The molecule has 0 aromatic heterocycles. The Hall–Kier alpha value is -1.92. The molecule has 6 heteroatoms. The molecule has 1 aromatic carbocycles. The van der Waals surface area contributed by atoms with Crippen LogP contribution in [-0.2, 0) is 14.9 Å². The maximum absolute atomic E-state index is 13.5. The summed E-state index contributed by atoms with van der Waals surface area (Å²) < 4.78 is 39.4. The predicted molar refractivity (Wildman–Crippen MR) is 129 cm³/mol. The molecule has 1 atom stereocenters. The highest BCUT2D eigenvalue weighted by atomic mass is 32.2. The largest absolute Gasteiger partial charge is 0.427 e. The Labute approximate surface area is 193 Å². The molecule has 1 unspecified atom stereocenters. The molecule has 1 aromatic rings. The van der Waals surface area contributed by atoms with E-state index in [0.29, 0.717) is 22.8 Å². The van der Waals surface area contributed by atoms with Gasteiger partial charge >= 0.3 is 5.97 Å². The van der Waals surface area contributed by atoms with Crippen molar-refractivity contribution < 1.29 is 22.5 Å². The Morgan fingerprint density at radius 2 is 1.44 bits per heavy atom. The van der Waals surface area contributed by atoms with E-state index in [1.807, 2.05) is 13.8 Å². The van der Waals surface area contributed by atoms with Gasteiger partial charge in [0, 0.05) is 5.92 Å². The second-order valence-corrected chi connectivity index (χ2v) is 11.5. The van der Waals surface area contributed by atoms with E-state index in [-0.39, 0.29) is 35.0 Å². The number of benzene rings is 1. The number of carbonyl (C=O) groups is 1. The summed E-state index contributed by atoms with van der Waals surface area (Å²) in [5, 5.41) is 0. The fraction of sp³-hybridized carbons (Fsp3) is 0.577. The summed E-state index contributed by atoms with van der Waals surface area (Å²) in [5.41, 5.74) is 4.21. The molecule has 0 spiro atoms. The average Bonchev–Trinajstić information content (AvgIpc) is 2.66. The van der Waals surface area contributed by atoms with E-state index < -0.39 is 16.1 Å². The summed E-state index contributed by atoms with van der Waals surface area (Å²) in [6.45, 7) is 18.1. The van der Waals surface area contributed by atoms with Crippen molar-refractivity contribution in [2.45, 2.75) is 86.5 Å². The van der Waals surface area contributed by atoms with Crippen molar-refractivity contribution in [1.29, 1.82) is 0 Å². The number of hydrogen-bond donors (Lipinski definition) is 1. The Morgan fingerprint density at radius 3 is 1.81 bits per heavy atom. The van der Waals surface area contributed by atoms with Gasteiger partial charge in [-0.05, 0) is 58.4 Å². The van der Waals surface area contributed by atoms with Gasteiger partial charge in [0.1, 0.15) is 5.76 Å². The maximum Gasteiger partial charge on any atom is 0.343 e. The highest BCUT2D eigenvalue weighted by molar-refractivity contribution is 7.89. The molecule has 0 radical (unpaired) electrons. The van der Waals surface area contributed by atoms with Crippen molar-refractivity contribution in [1.82, 2.24) is 0 Å². The lowest BCUT2D eigenvalue weighted by Gasteiger charge is -2.27. The van der Waals surface area contributed by atoms with Gasteiger partial charge in [0.25, 0.3) is 10.1 Å². The van der Waals surface area contributed by atoms with Crippen LogP contribution in [-0.4, -0.2) is 18.9 Å². The highest BCUT2D eigenvalue weighted by Gasteiger charge is 2.32. The van der Waals surface area contributed by atoms with Crippen molar-refractivity contribution in [3.05, 3.63) is 56.7 Å². The zero-order valence-electron chi connectivity index (χ0n) is 20.8. The van der Waals surface area contributed by atoms with Gasteiger partial charge in [-0.1, -0.05) is 74.4 Å². The van der Waals surface area contributed by atoms with Crippen LogP contribution in [0.15, 0.2) is 34.4 Å². The van der Waals surface area contributed by atoms with Gasteiger partial charge in [-0.15, -0.1) is 0 Å². The van der Waals surface area contributed by atoms with Gasteiger partial charge in [0.2, 0.25) is 0 Å². The van der Waals surface area contributed by atoms with Crippen LogP contribution in [0.5, 0.6) is 0 Å². The second kappa shape index (κ2) is 9.92. The van der Waals surface area contributed by atoms with Gasteiger partial charge in [-0.25, -0.2) is 4.79 Å². The van der Waals surface area contributed by atoms with Crippen LogP contribution in [0.25, 0.3) is 0 Å². The first kappa shape index (κ1) is 26.3. The average molecular weight is 463 g/mol. The summed E-state index contributed by atoms with van der Waals surface area (Å²) in [7, 11) is -4.31. The molecular weight excluding hydrogens is 424 g/mol. The Bertz CT molecular complexity index is 1010. The molecule has 0 aliphatic heterocycles. The van der Waals surface area contributed by atoms with Crippen molar-refractivity contribution in [3.8, 4) is 0 Å². The van der Waals surface area contributed by atoms with Crippen molar-refractivity contribution in [2.75, 3.05) is 0 Å². The minimum atomic E-state index is -4.31. The smallest absolute Gasteiger partial charge is 0.343 e. The predicted octanol–water partition coefficient (Wildman–Crippen LogP) is 6.94. The minimum absolute atomic E-state index is 0.00632. The fourth-order valence-electron chi connectivity index (χ4n) is 4.10. The van der Waals surface area contributed by atoms with Gasteiger partial charge < -0.3 is 4.74 Å². The third-order valence-corrected chi connectivity index (χ3v) is 7.10. The second-order valence-electron chi connectivity index (χ2n) is 10.1. The van der Waals surface area contributed by atoms with E-state index in [9.17, 15) is 17.8 Å². The first-order valence-electron chi connectivity index (χ1n) is 11.5. The molecule has 1 aliphatic carbocycles. The molecule has 0 amide bonds. The molecule has 2 rings (SSSR count). The zero-order valence-corrected chi connectivity index (χ0v) is 21.6. The fourth-order valence-corrected chi connectivity index (χ4v) is 5.15. The van der Waals surface area contributed by atoms with Crippen LogP contribution in [0, 0.1) is 11.8 Å². The normalized spacial score (nSPS) is 17.6. The van der Waals surface area contributed by atoms with Crippen LogP contribution >= 0.6 is 0 Å². The van der Waals surface area contributed by atoms with Gasteiger partial charge in [-0.3, -0.25) is 4.55 Å². The van der Waals surface area contributed by atoms with Crippen molar-refractivity contribution >= 4 is 16.1 Å². The highest BCUT2D eigenvalue weighted by Crippen LogP contribution is 2.38. The minimum Gasteiger partial charge on any atom is -0.427 e. The molecule has 0 saturated carbocycles. The van der Waals surface area contributed by atoms with E-state index in [4.69, 9.17) is 4.74 Å². The molecule has 0 saturated heterocycles. The molecule has 0 heterocycles. The Balaban J connectivity index is 2.60. The van der Waals surface area contributed by atoms with Crippen LogP contribution in [0.4, 0.5) is 0 Å². The molecule has 0 bridgehead atoms. The molecule has 178 valence electrons. The van der Waals surface area contributed by atoms with Crippen LogP contribution in [0.1, 0.15) is 114 Å². The number of ether oxygens (including phenoxy) is 1. The third-order valence-electron chi connectivity index (χ3n) is 6.08. The van der Waals surface area contributed by atoms with Crippen LogP contribution in [0.2, 0.25) is 0 Å². The van der Waals surface area contributed by atoms with Gasteiger partial charge in [0.05, 0.1) is 10.5 Å². The molecule has 1 aliphatic rings. The Morgan fingerprint density at radius 1 is 0.938 bits per heavy atom. The standard InChI is InChI=1S/C26H38O5S/c1-14(2)19-11-21(16(5)6)25(22(12-19)17(7)8)26(27)31-23-13-20(15(3)4)24(10-18(23)9)32(28,29)30/h11-18H,10H2,1-9H3,(H,28,29,30). The number of carbonyl (C=O) groups excluding carboxylic acids is 1. The lowest BCUT2D eigenvalue weighted by Crippen LogP contribution is -2.21. The Kier molecular flexibility index (Phi) is 8.16. The zero-order chi connectivity index (χ0) is 24.5. The van der Waals surface area contributed by atoms with E-state index in [1.54, 1.807) is 13.0 Å². The number of hydrogen-bond acceptors (Lipinski definition) is 4. The van der Waals surface area contributed by atoms with Crippen LogP contribution in [0.3, 0.4) is 0 Å². The number of esters is 1. The van der Waals surface area contributed by atoms with E-state index in [0.717, 1.165) is 11.1 Å². The quantitative estimate of drug-likeness (QED) is 0.351. The summed E-state index contributed by atoms with van der Waals surface area (Å²) in [6, 6.07) is 4.21. The molecule has 5 nitrogen and oxygen atoms in total. The summed E-state index contributed by atoms with van der Waals surface area (Å²) in [5.74, 6) is 0.156. The summed E-state index contributed by atoms with van der Waals surface area (Å²) in [4.78, 5) is 13.5. The van der Waals surface area contributed by atoms with E-state index in [1.165, 1.54) is 5.56 Å². The molecule has 0 fully saturated rings. The van der Waals surface area contributed by atoms with Gasteiger partial charge in [0.15, 0.2) is 0 Å². The van der Waals surface area contributed by atoms with E-state index in [2.05, 4.69) is 53.7 Å². The summed E-state index contributed by atoms with van der Waals surface area (Å²) in [6.07, 6.45) is 1.72. The van der Waals surface area contributed by atoms with E-state index >= 15 is 0 Å². The monoisotopic (exact) mass is 462 g/mol. The van der Waals surface area contributed by atoms with Crippen molar-refractivity contribution in [3.63, 3.8) is 0 Å². The SMILES string of the molecule is CC(C)C1=C(S(=O)(=O)O)CC(C)C(OC(=O)c2c(C(C)C)cc(C(C)C)cc2C(C)C)=C1. The first-order chi connectivity index (χ1) is 14.6. The molecular formula is C26H38O5S. The lowest BCUT2D eigenvalue weighted by atomic mass is 9.84. The topological polar surface area (TPSA) is 80.7 Å². The third kappa shape index (κ3) is 5.70. The number of allylic oxidation sites excluding steroid dienone is 4. The lowest BCUT2D eigenvalue weighted by molar-refractivity contribution is 0.0586. The summed E-state index contributed by atoms with van der Waals surface area (Å²) >= 11 is 0. The van der Waals surface area contributed by atoms with Crippen LogP contribution < -0.4 is 0 Å². The molecule has 32 heavy (non-hydrogen) atoms. The first-order valence-corrected chi connectivity index (χ1v) is 12.9. The maximum atomic E-state index is 13.5.